The third-order valence-corrected chi connectivity index (χ3v) is 3.48. The number of nitrogens with zero attached hydrogens (tertiary/aromatic N) is 3. The molecule has 0 aliphatic heterocycles. The van der Waals surface area contributed by atoms with Gasteiger partial charge in [-0.3, -0.25) is 0 Å². The van der Waals surface area contributed by atoms with Crippen LogP contribution in [0, 0.1) is 6.92 Å². The van der Waals surface area contributed by atoms with Crippen LogP contribution in [0.4, 0.5) is 5.82 Å². The van der Waals surface area contributed by atoms with E-state index in [2.05, 4.69) is 26.1 Å². The Morgan fingerprint density at radius 2 is 2.16 bits per heavy atom. The molecule has 0 aliphatic rings. The van der Waals surface area contributed by atoms with Gasteiger partial charge < -0.3 is 14.8 Å². The molecule has 1 aromatic carbocycles. The van der Waals surface area contributed by atoms with Crippen LogP contribution in [0.1, 0.15) is 5.82 Å². The molecule has 0 radical (unpaired) electrons. The summed E-state index contributed by atoms with van der Waals surface area (Å²) in [4.78, 5) is 4.22. The zero-order chi connectivity index (χ0) is 13.4. The van der Waals surface area contributed by atoms with Gasteiger partial charge >= 0.3 is 0 Å². The molecule has 0 atom stereocenters. The number of aryl methyl sites for hydroxylation is 1. The maximum atomic E-state index is 5.55. The minimum absolute atomic E-state index is 0.376. The predicted octanol–water partition coefficient (Wildman–Crippen LogP) is 3.18. The number of rotatable bonds is 2. The van der Waals surface area contributed by atoms with E-state index in [0.29, 0.717) is 11.6 Å². The van der Waals surface area contributed by atoms with E-state index in [1.165, 1.54) is 0 Å². The molecule has 0 saturated heterocycles. The first-order valence-electron chi connectivity index (χ1n) is 5.67. The van der Waals surface area contributed by atoms with Crippen LogP contribution in [-0.4, -0.2) is 14.7 Å². The first-order valence-corrected chi connectivity index (χ1v) is 6.47. The predicted molar refractivity (Wildman–Crippen MR) is 75.9 cm³/mol. The molecule has 0 bridgehead atoms. The van der Waals surface area contributed by atoms with E-state index in [9.17, 15) is 0 Å². The molecule has 5 nitrogen and oxygen atoms in total. The van der Waals surface area contributed by atoms with Crippen LogP contribution in [-0.2, 0) is 0 Å². The fraction of sp³-hybridized carbons (Fsp3) is 0.0769. The molecule has 2 heterocycles. The highest BCUT2D eigenvalue weighted by molar-refractivity contribution is 9.10. The zero-order valence-electron chi connectivity index (χ0n) is 10.2. The minimum atomic E-state index is 0.376. The lowest BCUT2D eigenvalue weighted by atomic mass is 10.1. The molecule has 0 unspecified atom stereocenters. The van der Waals surface area contributed by atoms with Crippen LogP contribution in [0.25, 0.3) is 17.0 Å². The molecule has 6 heteroatoms. The third kappa shape index (κ3) is 2.15. The van der Waals surface area contributed by atoms with Gasteiger partial charge in [0.25, 0.3) is 0 Å². The molecular formula is C13H11BrN4O. The topological polar surface area (TPSA) is 69.9 Å². The monoisotopic (exact) mass is 318 g/mol. The first-order chi connectivity index (χ1) is 9.15. The lowest BCUT2D eigenvalue weighted by Gasteiger charge is -2.08. The summed E-state index contributed by atoms with van der Waals surface area (Å²) in [5, 5.41) is 3.68. The van der Waals surface area contributed by atoms with Gasteiger partial charge in [-0.15, -0.1) is 0 Å². The quantitative estimate of drug-likeness (QED) is 0.787. The second-order valence-corrected chi connectivity index (χ2v) is 4.98. The highest BCUT2D eigenvalue weighted by atomic mass is 79.9. The van der Waals surface area contributed by atoms with Crippen molar-refractivity contribution in [1.29, 1.82) is 0 Å². The van der Waals surface area contributed by atoms with Gasteiger partial charge in [0.05, 0.1) is 5.69 Å². The number of hydrogen-bond acceptors (Lipinski definition) is 4. The van der Waals surface area contributed by atoms with E-state index < -0.39 is 0 Å². The molecule has 0 fully saturated rings. The SMILES string of the molecule is Cc1nccn1-c1ccc(-c2cc(N)no2)cc1Br. The van der Waals surface area contributed by atoms with Gasteiger partial charge in [0.2, 0.25) is 0 Å². The molecule has 2 N–H and O–H groups in total. The normalized spacial score (nSPS) is 10.8. The maximum Gasteiger partial charge on any atom is 0.169 e. The average molecular weight is 319 g/mol. The molecule has 0 saturated carbocycles. The summed E-state index contributed by atoms with van der Waals surface area (Å²) in [6.45, 7) is 1.96. The maximum absolute atomic E-state index is 5.55. The van der Waals surface area contributed by atoms with Gasteiger partial charge in [0, 0.05) is 28.5 Å². The van der Waals surface area contributed by atoms with E-state index in [4.69, 9.17) is 10.3 Å². The van der Waals surface area contributed by atoms with Crippen LogP contribution in [0.5, 0.6) is 0 Å². The van der Waals surface area contributed by atoms with E-state index in [1.807, 2.05) is 35.9 Å². The van der Waals surface area contributed by atoms with Crippen molar-refractivity contribution in [3.63, 3.8) is 0 Å². The molecule has 3 aromatic rings. The Hall–Kier alpha value is -2.08. The Balaban J connectivity index is 2.06. The van der Waals surface area contributed by atoms with Crippen molar-refractivity contribution in [2.45, 2.75) is 6.92 Å². The van der Waals surface area contributed by atoms with Crippen molar-refractivity contribution in [1.82, 2.24) is 14.7 Å². The lowest BCUT2D eigenvalue weighted by Crippen LogP contribution is -1.96. The van der Waals surface area contributed by atoms with Crippen molar-refractivity contribution < 1.29 is 4.52 Å². The molecule has 0 aliphatic carbocycles. The zero-order valence-corrected chi connectivity index (χ0v) is 11.8. The van der Waals surface area contributed by atoms with Crippen molar-refractivity contribution in [2.75, 3.05) is 5.73 Å². The summed E-state index contributed by atoms with van der Waals surface area (Å²) < 4.78 is 8.09. The van der Waals surface area contributed by atoms with Gasteiger partial charge in [-0.2, -0.15) is 0 Å². The van der Waals surface area contributed by atoms with Crippen LogP contribution < -0.4 is 5.73 Å². The summed E-state index contributed by atoms with van der Waals surface area (Å²) >= 11 is 3.56. The minimum Gasteiger partial charge on any atom is -0.381 e. The number of hydrogen-bond donors (Lipinski definition) is 1. The number of nitrogens with two attached hydrogens (primary N) is 1. The molecule has 2 aromatic heterocycles. The largest absolute Gasteiger partial charge is 0.381 e. The van der Waals surface area contributed by atoms with Crippen LogP contribution >= 0.6 is 15.9 Å². The summed E-state index contributed by atoms with van der Waals surface area (Å²) in [5.41, 5.74) is 7.49. The third-order valence-electron chi connectivity index (χ3n) is 2.85. The Labute approximate surface area is 118 Å². The Kier molecular flexibility index (Phi) is 2.87. The van der Waals surface area contributed by atoms with E-state index >= 15 is 0 Å². The van der Waals surface area contributed by atoms with Crippen LogP contribution in [0.3, 0.4) is 0 Å². The Morgan fingerprint density at radius 3 is 2.74 bits per heavy atom. The second kappa shape index (κ2) is 4.55. The van der Waals surface area contributed by atoms with E-state index in [-0.39, 0.29) is 0 Å². The lowest BCUT2D eigenvalue weighted by molar-refractivity contribution is 0.436. The van der Waals surface area contributed by atoms with Crippen molar-refractivity contribution in [2.24, 2.45) is 0 Å². The smallest absolute Gasteiger partial charge is 0.169 e. The molecular weight excluding hydrogens is 308 g/mol. The number of imidazole rings is 1. The highest BCUT2D eigenvalue weighted by Gasteiger charge is 2.09. The number of nitrogen functional groups attached to an aromatic ring is 1. The fourth-order valence-corrected chi connectivity index (χ4v) is 2.48. The number of benzene rings is 1. The Bertz CT molecular complexity index is 732. The molecule has 0 spiro atoms. The van der Waals surface area contributed by atoms with E-state index in [1.54, 1.807) is 12.3 Å². The van der Waals surface area contributed by atoms with Crippen molar-refractivity contribution >= 4 is 21.7 Å². The van der Waals surface area contributed by atoms with E-state index in [0.717, 1.165) is 21.5 Å². The van der Waals surface area contributed by atoms with Crippen molar-refractivity contribution in [3.05, 3.63) is 47.0 Å². The van der Waals surface area contributed by atoms with Gasteiger partial charge in [0.1, 0.15) is 5.82 Å². The fourth-order valence-electron chi connectivity index (χ4n) is 1.91. The molecule has 19 heavy (non-hydrogen) atoms. The van der Waals surface area contributed by atoms with Gasteiger partial charge in [-0.25, -0.2) is 4.98 Å². The number of anilines is 1. The second-order valence-electron chi connectivity index (χ2n) is 4.13. The molecule has 96 valence electrons. The van der Waals surface area contributed by atoms with Crippen LogP contribution in [0.15, 0.2) is 45.7 Å². The summed E-state index contributed by atoms with van der Waals surface area (Å²) in [5.74, 6) is 1.95. The van der Waals surface area contributed by atoms with Gasteiger partial charge in [-0.1, -0.05) is 5.16 Å². The first kappa shape index (κ1) is 12.0. The number of halogens is 1. The Morgan fingerprint density at radius 1 is 1.32 bits per heavy atom. The molecule has 0 amide bonds. The summed E-state index contributed by atoms with van der Waals surface area (Å²) in [6.07, 6.45) is 3.69. The molecule has 3 rings (SSSR count). The standard InChI is InChI=1S/C13H11BrN4O/c1-8-16-4-5-18(8)11-3-2-9(6-10(11)14)12-7-13(15)17-19-12/h2-7H,1H3,(H2,15,17). The van der Waals surface area contributed by atoms with Crippen molar-refractivity contribution in [3.8, 4) is 17.0 Å². The summed E-state index contributed by atoms with van der Waals surface area (Å²) in [6, 6.07) is 7.62. The summed E-state index contributed by atoms with van der Waals surface area (Å²) in [7, 11) is 0. The highest BCUT2D eigenvalue weighted by Crippen LogP contribution is 2.29. The van der Waals surface area contributed by atoms with Gasteiger partial charge in [0.15, 0.2) is 11.6 Å². The van der Waals surface area contributed by atoms with Gasteiger partial charge in [-0.05, 0) is 41.1 Å². The average Bonchev–Trinajstić information content (AvgIpc) is 2.98. The van der Waals surface area contributed by atoms with Crippen LogP contribution in [0.2, 0.25) is 0 Å². The number of aromatic nitrogens is 3.